The van der Waals surface area contributed by atoms with Crippen LogP contribution in [0.25, 0.3) is 0 Å². The van der Waals surface area contributed by atoms with Crippen molar-refractivity contribution in [3.05, 3.63) is 29.8 Å². The molecule has 0 unspecified atom stereocenters. The molecule has 1 fully saturated rings. The number of aliphatic hydroxyl groups excluding tert-OH is 1. The lowest BCUT2D eigenvalue weighted by atomic mass is 9.98. The highest BCUT2D eigenvalue weighted by atomic mass is 16.5. The highest BCUT2D eigenvalue weighted by molar-refractivity contribution is 5.91. The summed E-state index contributed by atoms with van der Waals surface area (Å²) in [5.41, 5.74) is 1.49. The van der Waals surface area contributed by atoms with E-state index in [0.29, 0.717) is 5.69 Å². The summed E-state index contributed by atoms with van der Waals surface area (Å²) in [6, 6.07) is 6.72. The number of ether oxygens (including phenoxy) is 2. The molecular weight excluding hydrogens is 312 g/mol. The van der Waals surface area contributed by atoms with Gasteiger partial charge in [0.2, 0.25) is 11.8 Å². The molecule has 0 bridgehead atoms. The molecule has 0 aliphatic carbocycles. The Morgan fingerprint density at radius 3 is 2.62 bits per heavy atom. The summed E-state index contributed by atoms with van der Waals surface area (Å²) >= 11 is 0. The molecule has 1 aliphatic rings. The summed E-state index contributed by atoms with van der Waals surface area (Å²) in [7, 11) is 1.46. The molecule has 132 valence electrons. The first-order chi connectivity index (χ1) is 11.5. The second-order valence-electron chi connectivity index (χ2n) is 5.98. The van der Waals surface area contributed by atoms with Gasteiger partial charge in [-0.2, -0.15) is 0 Å². The zero-order chi connectivity index (χ0) is 17.7. The van der Waals surface area contributed by atoms with E-state index in [1.807, 2.05) is 26.0 Å². The van der Waals surface area contributed by atoms with Crippen LogP contribution in [-0.2, 0) is 19.1 Å². The molecule has 2 rings (SSSR count). The number of aliphatic hydroxyl groups is 1. The Hall–Kier alpha value is -1.96. The Bertz CT molecular complexity index is 573. The van der Waals surface area contributed by atoms with Crippen molar-refractivity contribution in [2.24, 2.45) is 0 Å². The van der Waals surface area contributed by atoms with E-state index >= 15 is 0 Å². The standard InChI is InChI=1S/C17H24N2O5/c1-11(2)19-14(8-20)17(24-10-16(19)22)12-4-6-13(7-5-12)18-15(21)9-23-3/h4-7,11,14,17,20H,8-10H2,1-3H3,(H,18,21)/t14-,17-/m1/s1. The van der Waals surface area contributed by atoms with Crippen LogP contribution in [0.4, 0.5) is 5.69 Å². The van der Waals surface area contributed by atoms with Crippen LogP contribution in [0.5, 0.6) is 0 Å². The van der Waals surface area contributed by atoms with Gasteiger partial charge in [0, 0.05) is 18.8 Å². The summed E-state index contributed by atoms with van der Waals surface area (Å²) in [4.78, 5) is 25.2. The molecule has 1 saturated heterocycles. The average Bonchev–Trinajstić information content (AvgIpc) is 2.55. The number of rotatable bonds is 6. The number of carbonyl (C=O) groups is 2. The van der Waals surface area contributed by atoms with E-state index in [0.717, 1.165) is 5.56 Å². The molecule has 0 spiro atoms. The molecule has 2 N–H and O–H groups in total. The minimum Gasteiger partial charge on any atom is -0.394 e. The molecule has 7 heteroatoms. The minimum absolute atomic E-state index is 0.00826. The first-order valence-corrected chi connectivity index (χ1v) is 7.90. The Morgan fingerprint density at radius 2 is 2.08 bits per heavy atom. The molecule has 1 heterocycles. The van der Waals surface area contributed by atoms with Gasteiger partial charge in [-0.3, -0.25) is 9.59 Å². The second kappa shape index (κ2) is 8.23. The van der Waals surface area contributed by atoms with Gasteiger partial charge in [-0.15, -0.1) is 0 Å². The number of methoxy groups -OCH3 is 1. The minimum atomic E-state index is -0.430. The number of morpholine rings is 1. The van der Waals surface area contributed by atoms with Crippen molar-refractivity contribution in [1.82, 2.24) is 4.90 Å². The van der Waals surface area contributed by atoms with Gasteiger partial charge < -0.3 is 24.8 Å². The van der Waals surface area contributed by atoms with Gasteiger partial charge in [0.05, 0.1) is 12.6 Å². The number of anilines is 1. The highest BCUT2D eigenvalue weighted by Crippen LogP contribution is 2.30. The molecular formula is C17H24N2O5. The van der Waals surface area contributed by atoms with Crippen molar-refractivity contribution in [1.29, 1.82) is 0 Å². The number of hydrogen-bond donors (Lipinski definition) is 2. The summed E-state index contributed by atoms with van der Waals surface area (Å²) in [6.45, 7) is 3.63. The van der Waals surface area contributed by atoms with Crippen molar-refractivity contribution in [2.45, 2.75) is 32.0 Å². The van der Waals surface area contributed by atoms with E-state index in [2.05, 4.69) is 5.32 Å². The van der Waals surface area contributed by atoms with Crippen LogP contribution in [0.1, 0.15) is 25.5 Å². The van der Waals surface area contributed by atoms with Gasteiger partial charge in [-0.1, -0.05) is 12.1 Å². The Labute approximate surface area is 141 Å². The number of benzene rings is 1. The van der Waals surface area contributed by atoms with Crippen LogP contribution >= 0.6 is 0 Å². The Kier molecular flexibility index (Phi) is 6.30. The summed E-state index contributed by atoms with van der Waals surface area (Å²) in [6.07, 6.45) is -0.404. The third-order valence-electron chi connectivity index (χ3n) is 3.92. The molecule has 2 amide bonds. The predicted molar refractivity (Wildman–Crippen MR) is 88.5 cm³/mol. The van der Waals surface area contributed by atoms with Gasteiger partial charge >= 0.3 is 0 Å². The maximum Gasteiger partial charge on any atom is 0.250 e. The molecule has 0 radical (unpaired) electrons. The first-order valence-electron chi connectivity index (χ1n) is 7.90. The van der Waals surface area contributed by atoms with Gasteiger partial charge in [0.15, 0.2) is 0 Å². The van der Waals surface area contributed by atoms with Crippen molar-refractivity contribution < 1.29 is 24.2 Å². The van der Waals surface area contributed by atoms with Crippen LogP contribution < -0.4 is 5.32 Å². The topological polar surface area (TPSA) is 88.1 Å². The van der Waals surface area contributed by atoms with Gasteiger partial charge in [0.1, 0.15) is 19.3 Å². The van der Waals surface area contributed by atoms with Crippen LogP contribution in [0.3, 0.4) is 0 Å². The maximum atomic E-state index is 12.0. The van der Waals surface area contributed by atoms with Gasteiger partial charge in [0.25, 0.3) is 0 Å². The fraction of sp³-hybridized carbons (Fsp3) is 0.529. The zero-order valence-electron chi connectivity index (χ0n) is 14.2. The monoisotopic (exact) mass is 336 g/mol. The van der Waals surface area contributed by atoms with E-state index in [-0.39, 0.29) is 37.7 Å². The lowest BCUT2D eigenvalue weighted by Gasteiger charge is -2.42. The maximum absolute atomic E-state index is 12.0. The SMILES string of the molecule is COCC(=O)Nc1ccc([C@H]2OCC(=O)N(C(C)C)[C@@H]2CO)cc1. The molecule has 7 nitrogen and oxygen atoms in total. The van der Waals surface area contributed by atoms with Crippen LogP contribution in [-0.4, -0.2) is 60.8 Å². The first kappa shape index (κ1) is 18.4. The van der Waals surface area contributed by atoms with Crippen LogP contribution in [0.15, 0.2) is 24.3 Å². The van der Waals surface area contributed by atoms with Crippen molar-refractivity contribution in [2.75, 3.05) is 32.2 Å². The smallest absolute Gasteiger partial charge is 0.250 e. The van der Waals surface area contributed by atoms with E-state index < -0.39 is 12.1 Å². The lowest BCUT2D eigenvalue weighted by Crippen LogP contribution is -2.55. The number of nitrogens with zero attached hydrogens (tertiary/aromatic N) is 1. The summed E-state index contributed by atoms with van der Waals surface area (Å²) in [5, 5.41) is 12.5. The lowest BCUT2D eigenvalue weighted by molar-refractivity contribution is -0.164. The van der Waals surface area contributed by atoms with Crippen LogP contribution in [0, 0.1) is 0 Å². The fourth-order valence-electron chi connectivity index (χ4n) is 2.93. The molecule has 0 aromatic heterocycles. The summed E-state index contributed by atoms with van der Waals surface area (Å²) < 4.78 is 10.4. The van der Waals surface area contributed by atoms with Crippen LogP contribution in [0.2, 0.25) is 0 Å². The molecule has 24 heavy (non-hydrogen) atoms. The Morgan fingerprint density at radius 1 is 1.42 bits per heavy atom. The molecule has 0 saturated carbocycles. The summed E-state index contributed by atoms with van der Waals surface area (Å²) in [5.74, 6) is -0.354. The quantitative estimate of drug-likeness (QED) is 0.807. The molecule has 1 aliphatic heterocycles. The Balaban J connectivity index is 2.15. The third-order valence-corrected chi connectivity index (χ3v) is 3.92. The van der Waals surface area contributed by atoms with Gasteiger partial charge in [-0.25, -0.2) is 0 Å². The average molecular weight is 336 g/mol. The third kappa shape index (κ3) is 4.11. The molecule has 2 atom stereocenters. The predicted octanol–water partition coefficient (Wildman–Crippen LogP) is 0.941. The number of nitrogens with one attached hydrogen (secondary N) is 1. The van der Waals surface area contributed by atoms with Crippen molar-refractivity contribution >= 4 is 17.5 Å². The van der Waals surface area contributed by atoms with E-state index in [9.17, 15) is 14.7 Å². The number of amides is 2. The van der Waals surface area contributed by atoms with Crippen molar-refractivity contribution in [3.8, 4) is 0 Å². The highest BCUT2D eigenvalue weighted by Gasteiger charge is 2.38. The van der Waals surface area contributed by atoms with E-state index in [1.54, 1.807) is 17.0 Å². The van der Waals surface area contributed by atoms with Crippen molar-refractivity contribution in [3.63, 3.8) is 0 Å². The second-order valence-corrected chi connectivity index (χ2v) is 5.98. The molecule has 1 aromatic carbocycles. The largest absolute Gasteiger partial charge is 0.394 e. The number of hydrogen-bond acceptors (Lipinski definition) is 5. The molecule has 1 aromatic rings. The number of carbonyl (C=O) groups excluding carboxylic acids is 2. The fourth-order valence-corrected chi connectivity index (χ4v) is 2.93. The van der Waals surface area contributed by atoms with E-state index in [4.69, 9.17) is 9.47 Å². The van der Waals surface area contributed by atoms with E-state index in [1.165, 1.54) is 7.11 Å². The zero-order valence-corrected chi connectivity index (χ0v) is 14.2. The van der Waals surface area contributed by atoms with Gasteiger partial charge in [-0.05, 0) is 31.5 Å². The normalized spacial score (nSPS) is 21.2.